The Morgan fingerprint density at radius 1 is 1.33 bits per heavy atom. The molecule has 0 spiro atoms. The highest BCUT2D eigenvalue weighted by molar-refractivity contribution is 9.10. The maximum Gasteiger partial charge on any atom is 0.174 e. The van der Waals surface area contributed by atoms with Gasteiger partial charge in [0.2, 0.25) is 0 Å². The van der Waals surface area contributed by atoms with Crippen molar-refractivity contribution in [1.29, 1.82) is 0 Å². The summed E-state index contributed by atoms with van der Waals surface area (Å²) in [5.74, 6) is 1.51. The van der Waals surface area contributed by atoms with Crippen LogP contribution in [0.15, 0.2) is 16.6 Å². The first-order chi connectivity index (χ1) is 10.2. The number of likely N-dealkylation sites (tertiary alicyclic amines) is 1. The summed E-state index contributed by atoms with van der Waals surface area (Å²) in [6.45, 7) is 6.51. The molecule has 1 aromatic rings. The number of rotatable bonds is 7. The van der Waals surface area contributed by atoms with Crippen molar-refractivity contribution in [3.8, 4) is 11.5 Å². The minimum Gasteiger partial charge on any atom is -0.493 e. The zero-order valence-corrected chi connectivity index (χ0v) is 14.7. The third kappa shape index (κ3) is 4.11. The third-order valence-corrected chi connectivity index (χ3v) is 4.70. The van der Waals surface area contributed by atoms with E-state index in [9.17, 15) is 0 Å². The minimum atomic E-state index is 0.679. The lowest BCUT2D eigenvalue weighted by atomic mass is 10.2. The van der Waals surface area contributed by atoms with Crippen molar-refractivity contribution < 1.29 is 9.47 Å². The Hall–Kier alpha value is -0.780. The summed E-state index contributed by atoms with van der Waals surface area (Å²) < 4.78 is 11.6. The molecule has 1 aliphatic heterocycles. The number of likely N-dealkylation sites (N-methyl/N-ethyl adjacent to an activating group) is 1. The van der Waals surface area contributed by atoms with Gasteiger partial charge >= 0.3 is 0 Å². The van der Waals surface area contributed by atoms with Gasteiger partial charge in [0.15, 0.2) is 11.5 Å². The Balaban J connectivity index is 1.92. The fourth-order valence-electron chi connectivity index (χ4n) is 3.00. The van der Waals surface area contributed by atoms with Gasteiger partial charge in [-0.2, -0.15) is 0 Å². The molecule has 4 nitrogen and oxygen atoms in total. The first-order valence-corrected chi connectivity index (χ1v) is 8.34. The van der Waals surface area contributed by atoms with Crippen LogP contribution in [0.3, 0.4) is 0 Å². The first kappa shape index (κ1) is 16.6. The molecule has 1 unspecified atom stereocenters. The number of ether oxygens (including phenoxy) is 2. The van der Waals surface area contributed by atoms with Crippen LogP contribution in [0.25, 0.3) is 0 Å². The van der Waals surface area contributed by atoms with Crippen LogP contribution >= 0.6 is 15.9 Å². The van der Waals surface area contributed by atoms with Gasteiger partial charge in [0.1, 0.15) is 0 Å². The van der Waals surface area contributed by atoms with Crippen LogP contribution in [0.1, 0.15) is 25.3 Å². The van der Waals surface area contributed by atoms with E-state index in [-0.39, 0.29) is 0 Å². The molecule has 0 saturated carbocycles. The zero-order chi connectivity index (χ0) is 15.2. The largest absolute Gasteiger partial charge is 0.493 e. The highest BCUT2D eigenvalue weighted by Crippen LogP contribution is 2.36. The quantitative estimate of drug-likeness (QED) is 0.813. The summed E-state index contributed by atoms with van der Waals surface area (Å²) >= 11 is 3.54. The van der Waals surface area contributed by atoms with Gasteiger partial charge < -0.3 is 14.8 Å². The van der Waals surface area contributed by atoms with Crippen molar-refractivity contribution in [3.05, 3.63) is 22.2 Å². The smallest absolute Gasteiger partial charge is 0.174 e. The molecule has 1 heterocycles. The van der Waals surface area contributed by atoms with Gasteiger partial charge in [0.05, 0.1) is 18.7 Å². The second kappa shape index (κ2) is 8.01. The van der Waals surface area contributed by atoms with Crippen LogP contribution in [0.4, 0.5) is 0 Å². The molecule has 0 radical (unpaired) electrons. The average molecular weight is 357 g/mol. The van der Waals surface area contributed by atoms with Gasteiger partial charge in [-0.3, -0.25) is 4.90 Å². The highest BCUT2D eigenvalue weighted by atomic mass is 79.9. The Kier molecular flexibility index (Phi) is 6.33. The minimum absolute atomic E-state index is 0.679. The van der Waals surface area contributed by atoms with Gasteiger partial charge in [-0.1, -0.05) is 6.92 Å². The van der Waals surface area contributed by atoms with Crippen LogP contribution in [0.5, 0.6) is 11.5 Å². The fraction of sp³-hybridized carbons (Fsp3) is 0.625. The van der Waals surface area contributed by atoms with Crippen molar-refractivity contribution >= 4 is 15.9 Å². The molecule has 1 atom stereocenters. The van der Waals surface area contributed by atoms with Crippen molar-refractivity contribution in [2.75, 3.05) is 33.9 Å². The van der Waals surface area contributed by atoms with E-state index < -0.39 is 0 Å². The summed E-state index contributed by atoms with van der Waals surface area (Å²) in [5, 5.41) is 3.57. The summed E-state index contributed by atoms with van der Waals surface area (Å²) in [6.07, 6.45) is 2.62. The van der Waals surface area contributed by atoms with Crippen molar-refractivity contribution in [1.82, 2.24) is 10.2 Å². The summed E-state index contributed by atoms with van der Waals surface area (Å²) in [6, 6.07) is 4.79. The SMILES string of the molecule is CCN1CCCC1CNCc1cc(Br)c(OC)c(OC)c1. The molecule has 2 rings (SSSR count). The Morgan fingerprint density at radius 3 is 2.81 bits per heavy atom. The van der Waals surface area contributed by atoms with E-state index in [1.165, 1.54) is 24.9 Å². The predicted octanol–water partition coefficient (Wildman–Crippen LogP) is 3.04. The maximum atomic E-state index is 5.38. The van der Waals surface area contributed by atoms with Gasteiger partial charge in [-0.05, 0) is 59.6 Å². The molecule has 21 heavy (non-hydrogen) atoms. The zero-order valence-electron chi connectivity index (χ0n) is 13.1. The molecule has 1 aliphatic rings. The second-order valence-corrected chi connectivity index (χ2v) is 6.22. The van der Waals surface area contributed by atoms with Crippen molar-refractivity contribution in [3.63, 3.8) is 0 Å². The molecular weight excluding hydrogens is 332 g/mol. The molecule has 5 heteroatoms. The lowest BCUT2D eigenvalue weighted by Gasteiger charge is -2.23. The molecule has 118 valence electrons. The number of hydrogen-bond acceptors (Lipinski definition) is 4. The summed E-state index contributed by atoms with van der Waals surface area (Å²) in [7, 11) is 3.32. The molecule has 0 bridgehead atoms. The van der Waals surface area contributed by atoms with Crippen LogP contribution < -0.4 is 14.8 Å². The number of methoxy groups -OCH3 is 2. The fourth-order valence-corrected chi connectivity index (χ4v) is 3.65. The predicted molar refractivity (Wildman–Crippen MR) is 89.2 cm³/mol. The summed E-state index contributed by atoms with van der Waals surface area (Å²) in [4.78, 5) is 2.55. The molecule has 0 aliphatic carbocycles. The van der Waals surface area contributed by atoms with Crippen molar-refractivity contribution in [2.24, 2.45) is 0 Å². The van der Waals surface area contributed by atoms with E-state index in [0.717, 1.165) is 35.6 Å². The van der Waals surface area contributed by atoms with E-state index in [2.05, 4.69) is 39.1 Å². The van der Waals surface area contributed by atoms with Gasteiger partial charge in [0.25, 0.3) is 0 Å². The lowest BCUT2D eigenvalue weighted by Crippen LogP contribution is -2.37. The topological polar surface area (TPSA) is 33.7 Å². The first-order valence-electron chi connectivity index (χ1n) is 7.54. The second-order valence-electron chi connectivity index (χ2n) is 5.37. The van der Waals surface area contributed by atoms with Crippen LogP contribution in [-0.2, 0) is 6.54 Å². The lowest BCUT2D eigenvalue weighted by molar-refractivity contribution is 0.260. The number of nitrogens with one attached hydrogen (secondary N) is 1. The van der Waals surface area contributed by atoms with E-state index in [4.69, 9.17) is 9.47 Å². The van der Waals surface area contributed by atoms with E-state index >= 15 is 0 Å². The Morgan fingerprint density at radius 2 is 2.14 bits per heavy atom. The Bertz CT molecular complexity index is 468. The number of halogens is 1. The number of benzene rings is 1. The van der Waals surface area contributed by atoms with Crippen LogP contribution in [0.2, 0.25) is 0 Å². The Labute approximate surface area is 135 Å². The maximum absolute atomic E-state index is 5.38. The highest BCUT2D eigenvalue weighted by Gasteiger charge is 2.22. The van der Waals surface area contributed by atoms with Gasteiger partial charge in [-0.25, -0.2) is 0 Å². The molecule has 1 fully saturated rings. The monoisotopic (exact) mass is 356 g/mol. The van der Waals surface area contributed by atoms with Gasteiger partial charge in [0, 0.05) is 19.1 Å². The normalized spacial score (nSPS) is 19.0. The average Bonchev–Trinajstić information content (AvgIpc) is 2.94. The molecule has 1 aromatic carbocycles. The third-order valence-electron chi connectivity index (χ3n) is 4.11. The standard InChI is InChI=1S/C16H25BrN2O2/c1-4-19-7-5-6-13(19)11-18-10-12-8-14(17)16(21-3)15(9-12)20-2/h8-9,13,18H,4-7,10-11H2,1-3H3. The van der Waals surface area contributed by atoms with E-state index in [0.29, 0.717) is 6.04 Å². The van der Waals surface area contributed by atoms with E-state index in [1.807, 2.05) is 6.07 Å². The number of nitrogens with zero attached hydrogens (tertiary/aromatic N) is 1. The molecular formula is C16H25BrN2O2. The van der Waals surface area contributed by atoms with Crippen molar-refractivity contribution in [2.45, 2.75) is 32.4 Å². The van der Waals surface area contributed by atoms with Crippen LogP contribution in [-0.4, -0.2) is 44.8 Å². The molecule has 1 N–H and O–H groups in total. The molecule has 1 saturated heterocycles. The molecule has 0 amide bonds. The summed E-state index contributed by atoms with van der Waals surface area (Å²) in [5.41, 5.74) is 1.19. The van der Waals surface area contributed by atoms with Crippen LogP contribution in [0, 0.1) is 0 Å². The molecule has 0 aromatic heterocycles. The van der Waals surface area contributed by atoms with E-state index in [1.54, 1.807) is 14.2 Å². The van der Waals surface area contributed by atoms with Gasteiger partial charge in [-0.15, -0.1) is 0 Å². The number of hydrogen-bond donors (Lipinski definition) is 1.